The summed E-state index contributed by atoms with van der Waals surface area (Å²) in [4.78, 5) is 0. The maximum absolute atomic E-state index is 5.72. The molecule has 0 aromatic heterocycles. The highest BCUT2D eigenvalue weighted by molar-refractivity contribution is 9.10. The van der Waals surface area contributed by atoms with Crippen LogP contribution in [0.3, 0.4) is 0 Å². The largest absolute Gasteiger partial charge is 0.490 e. The number of hydrogen-bond donors (Lipinski definition) is 1. The van der Waals surface area contributed by atoms with E-state index in [2.05, 4.69) is 33.9 Å². The molecule has 5 heteroatoms. The van der Waals surface area contributed by atoms with Gasteiger partial charge in [-0.1, -0.05) is 6.08 Å². The average molecular weight is 356 g/mol. The van der Waals surface area contributed by atoms with Gasteiger partial charge in [0.2, 0.25) is 0 Å². The van der Waals surface area contributed by atoms with E-state index in [-0.39, 0.29) is 0 Å². The second-order valence-corrected chi connectivity index (χ2v) is 5.68. The molecule has 0 bridgehead atoms. The standard InChI is InChI=1S/C16H22BrNO3/c1-2-3-6-19-9-5-18-12-13-10-14(17)16-15(11-13)20-7-4-8-21-16/h2,10-11,18H,1,3-9,12H2. The predicted molar refractivity (Wildman–Crippen MR) is 87.1 cm³/mol. The third-order valence-corrected chi connectivity index (χ3v) is 3.67. The quantitative estimate of drug-likeness (QED) is 0.573. The van der Waals surface area contributed by atoms with Gasteiger partial charge in [-0.05, 0) is 40.0 Å². The van der Waals surface area contributed by atoms with Crippen LogP contribution in [0, 0.1) is 0 Å². The molecule has 1 heterocycles. The first-order valence-electron chi connectivity index (χ1n) is 7.28. The molecule has 1 aliphatic rings. The van der Waals surface area contributed by atoms with Crippen molar-refractivity contribution in [2.24, 2.45) is 0 Å². The summed E-state index contributed by atoms with van der Waals surface area (Å²) >= 11 is 3.55. The molecule has 0 atom stereocenters. The minimum Gasteiger partial charge on any atom is -0.490 e. The lowest BCUT2D eigenvalue weighted by molar-refractivity contribution is 0.140. The highest BCUT2D eigenvalue weighted by Crippen LogP contribution is 2.38. The Kier molecular flexibility index (Phi) is 7.06. The van der Waals surface area contributed by atoms with Gasteiger partial charge in [0.05, 0.1) is 30.9 Å². The summed E-state index contributed by atoms with van der Waals surface area (Å²) in [6.07, 6.45) is 3.68. The summed E-state index contributed by atoms with van der Waals surface area (Å²) in [5, 5.41) is 3.36. The number of benzene rings is 1. The van der Waals surface area contributed by atoms with Crippen molar-refractivity contribution in [3.05, 3.63) is 34.8 Å². The Balaban J connectivity index is 1.80. The van der Waals surface area contributed by atoms with E-state index in [4.69, 9.17) is 14.2 Å². The maximum Gasteiger partial charge on any atom is 0.175 e. The molecule has 0 amide bonds. The zero-order chi connectivity index (χ0) is 14.9. The van der Waals surface area contributed by atoms with Crippen molar-refractivity contribution < 1.29 is 14.2 Å². The Bertz CT molecular complexity index is 465. The molecule has 0 spiro atoms. The van der Waals surface area contributed by atoms with Crippen LogP contribution in [0.1, 0.15) is 18.4 Å². The molecule has 0 radical (unpaired) electrons. The summed E-state index contributed by atoms with van der Waals surface area (Å²) in [6, 6.07) is 4.11. The van der Waals surface area contributed by atoms with Crippen molar-refractivity contribution in [2.45, 2.75) is 19.4 Å². The molecular weight excluding hydrogens is 334 g/mol. The van der Waals surface area contributed by atoms with Gasteiger partial charge in [-0.2, -0.15) is 0 Å². The second-order valence-electron chi connectivity index (χ2n) is 4.82. The van der Waals surface area contributed by atoms with Crippen molar-refractivity contribution >= 4 is 15.9 Å². The molecule has 1 aliphatic heterocycles. The SMILES string of the molecule is C=CCCOCCNCc1cc(Br)c2c(c1)OCCCO2. The predicted octanol–water partition coefficient (Wildman–Crippen LogP) is 3.29. The van der Waals surface area contributed by atoms with E-state index in [0.717, 1.165) is 54.1 Å². The van der Waals surface area contributed by atoms with Crippen LogP contribution in [0.5, 0.6) is 11.5 Å². The number of nitrogens with one attached hydrogen (secondary N) is 1. The van der Waals surface area contributed by atoms with Crippen LogP contribution in [0.4, 0.5) is 0 Å². The van der Waals surface area contributed by atoms with Crippen LogP contribution < -0.4 is 14.8 Å². The third-order valence-electron chi connectivity index (χ3n) is 3.08. The average Bonchev–Trinajstić information content (AvgIpc) is 2.72. The number of ether oxygens (including phenoxy) is 3. The molecule has 116 valence electrons. The van der Waals surface area contributed by atoms with E-state index in [1.807, 2.05) is 12.1 Å². The summed E-state index contributed by atoms with van der Waals surface area (Å²) < 4.78 is 17.8. The Morgan fingerprint density at radius 1 is 1.29 bits per heavy atom. The minimum absolute atomic E-state index is 0.700. The fraction of sp³-hybridized carbons (Fsp3) is 0.500. The maximum atomic E-state index is 5.72. The molecule has 1 N–H and O–H groups in total. The van der Waals surface area contributed by atoms with E-state index in [1.54, 1.807) is 0 Å². The van der Waals surface area contributed by atoms with Gasteiger partial charge < -0.3 is 19.5 Å². The molecule has 21 heavy (non-hydrogen) atoms. The van der Waals surface area contributed by atoms with Crippen LogP contribution in [0.15, 0.2) is 29.3 Å². The number of rotatable bonds is 8. The van der Waals surface area contributed by atoms with Crippen LogP contribution in [0.2, 0.25) is 0 Å². The molecule has 1 aromatic carbocycles. The Hall–Kier alpha value is -1.04. The first kappa shape index (κ1) is 16.3. The number of halogens is 1. The van der Waals surface area contributed by atoms with Gasteiger partial charge in [0.1, 0.15) is 0 Å². The van der Waals surface area contributed by atoms with Crippen LogP contribution in [-0.4, -0.2) is 33.0 Å². The lowest BCUT2D eigenvalue weighted by atomic mass is 10.2. The molecule has 0 saturated heterocycles. The van der Waals surface area contributed by atoms with E-state index >= 15 is 0 Å². The molecule has 2 rings (SSSR count). The fourth-order valence-corrected chi connectivity index (χ4v) is 2.64. The fourth-order valence-electron chi connectivity index (χ4n) is 2.03. The molecule has 1 aromatic rings. The van der Waals surface area contributed by atoms with Crippen molar-refractivity contribution in [1.82, 2.24) is 5.32 Å². The van der Waals surface area contributed by atoms with Gasteiger partial charge in [-0.15, -0.1) is 6.58 Å². The first-order chi connectivity index (χ1) is 10.3. The number of hydrogen-bond acceptors (Lipinski definition) is 4. The Morgan fingerprint density at radius 2 is 2.14 bits per heavy atom. The zero-order valence-corrected chi connectivity index (χ0v) is 13.8. The highest BCUT2D eigenvalue weighted by atomic mass is 79.9. The molecule has 0 unspecified atom stereocenters. The molecule has 0 saturated carbocycles. The minimum atomic E-state index is 0.700. The number of fused-ring (bicyclic) bond motifs is 1. The molecule has 0 aliphatic carbocycles. The van der Waals surface area contributed by atoms with Crippen LogP contribution >= 0.6 is 15.9 Å². The third kappa shape index (κ3) is 5.34. The smallest absolute Gasteiger partial charge is 0.175 e. The monoisotopic (exact) mass is 355 g/mol. The van der Waals surface area contributed by atoms with Gasteiger partial charge in [0.25, 0.3) is 0 Å². The van der Waals surface area contributed by atoms with E-state index in [9.17, 15) is 0 Å². The van der Waals surface area contributed by atoms with Gasteiger partial charge in [-0.3, -0.25) is 0 Å². The summed E-state index contributed by atoms with van der Waals surface area (Å²) in [6.45, 7) is 8.11. The van der Waals surface area contributed by atoms with E-state index < -0.39 is 0 Å². The zero-order valence-electron chi connectivity index (χ0n) is 12.2. The van der Waals surface area contributed by atoms with E-state index in [0.29, 0.717) is 19.8 Å². The summed E-state index contributed by atoms with van der Waals surface area (Å²) in [5.74, 6) is 1.63. The van der Waals surface area contributed by atoms with Crippen LogP contribution in [-0.2, 0) is 11.3 Å². The summed E-state index contributed by atoms with van der Waals surface area (Å²) in [5.41, 5.74) is 1.16. The summed E-state index contributed by atoms with van der Waals surface area (Å²) in [7, 11) is 0. The van der Waals surface area contributed by atoms with Gasteiger partial charge >= 0.3 is 0 Å². The first-order valence-corrected chi connectivity index (χ1v) is 8.08. The Labute approximate surface area is 134 Å². The normalized spacial score (nSPS) is 13.8. The lowest BCUT2D eigenvalue weighted by Crippen LogP contribution is -2.19. The molecule has 0 fully saturated rings. The van der Waals surface area contributed by atoms with E-state index in [1.165, 1.54) is 0 Å². The lowest BCUT2D eigenvalue weighted by Gasteiger charge is -2.12. The van der Waals surface area contributed by atoms with Crippen molar-refractivity contribution in [2.75, 3.05) is 33.0 Å². The van der Waals surface area contributed by atoms with Gasteiger partial charge in [0, 0.05) is 19.5 Å². The van der Waals surface area contributed by atoms with Crippen molar-refractivity contribution in [1.29, 1.82) is 0 Å². The van der Waals surface area contributed by atoms with Gasteiger partial charge in [0.15, 0.2) is 11.5 Å². The van der Waals surface area contributed by atoms with Crippen molar-refractivity contribution in [3.8, 4) is 11.5 Å². The molecular formula is C16H22BrNO3. The Morgan fingerprint density at radius 3 is 3.00 bits per heavy atom. The second kappa shape index (κ2) is 9.07. The molecule has 4 nitrogen and oxygen atoms in total. The highest BCUT2D eigenvalue weighted by Gasteiger charge is 2.14. The van der Waals surface area contributed by atoms with Crippen molar-refractivity contribution in [3.63, 3.8) is 0 Å². The topological polar surface area (TPSA) is 39.7 Å². The van der Waals surface area contributed by atoms with Crippen LogP contribution in [0.25, 0.3) is 0 Å². The van der Waals surface area contributed by atoms with Gasteiger partial charge in [-0.25, -0.2) is 0 Å².